The highest BCUT2D eigenvalue weighted by Gasteiger charge is 2.24. The van der Waals surface area contributed by atoms with Gasteiger partial charge < -0.3 is 5.32 Å². The maximum Gasteiger partial charge on any atom is 0.251 e. The first kappa shape index (κ1) is 15.9. The highest BCUT2D eigenvalue weighted by Crippen LogP contribution is 2.08. The molecule has 0 fully saturated rings. The molecule has 0 aromatic rings. The SMILES string of the molecule is CCCC(C(=O)NN)N(C)CC(C)C(=O)NC. The Labute approximate surface area is 103 Å². The number of carbonyl (C=O) groups is 2. The lowest BCUT2D eigenvalue weighted by Crippen LogP contribution is -2.49. The predicted molar refractivity (Wildman–Crippen MR) is 66.9 cm³/mol. The fourth-order valence-corrected chi connectivity index (χ4v) is 1.81. The van der Waals surface area contributed by atoms with E-state index in [-0.39, 0.29) is 23.8 Å². The molecule has 0 bridgehead atoms. The van der Waals surface area contributed by atoms with Gasteiger partial charge >= 0.3 is 0 Å². The zero-order chi connectivity index (χ0) is 13.4. The van der Waals surface area contributed by atoms with Crippen LogP contribution in [0.5, 0.6) is 0 Å². The van der Waals surface area contributed by atoms with Gasteiger partial charge in [-0.2, -0.15) is 0 Å². The van der Waals surface area contributed by atoms with Crippen molar-refractivity contribution in [2.45, 2.75) is 32.7 Å². The van der Waals surface area contributed by atoms with Crippen LogP contribution in [-0.2, 0) is 9.59 Å². The van der Waals surface area contributed by atoms with Crippen LogP contribution in [0.15, 0.2) is 0 Å². The van der Waals surface area contributed by atoms with Gasteiger partial charge in [-0.3, -0.25) is 19.9 Å². The van der Waals surface area contributed by atoms with Gasteiger partial charge in [-0.25, -0.2) is 5.84 Å². The first-order valence-electron chi connectivity index (χ1n) is 5.90. The van der Waals surface area contributed by atoms with Crippen molar-refractivity contribution < 1.29 is 9.59 Å². The second-order valence-corrected chi connectivity index (χ2v) is 4.27. The van der Waals surface area contributed by atoms with Crippen molar-refractivity contribution >= 4 is 11.8 Å². The summed E-state index contributed by atoms with van der Waals surface area (Å²) in [5.41, 5.74) is 2.17. The number of hydrazine groups is 1. The summed E-state index contributed by atoms with van der Waals surface area (Å²) in [5.74, 6) is 4.76. The topological polar surface area (TPSA) is 87.5 Å². The van der Waals surface area contributed by atoms with Crippen LogP contribution in [0.25, 0.3) is 0 Å². The summed E-state index contributed by atoms with van der Waals surface area (Å²) in [7, 11) is 3.43. The van der Waals surface area contributed by atoms with E-state index >= 15 is 0 Å². The molecule has 17 heavy (non-hydrogen) atoms. The summed E-state index contributed by atoms with van der Waals surface area (Å²) in [5, 5.41) is 2.59. The second-order valence-electron chi connectivity index (χ2n) is 4.27. The number of amides is 2. The Bertz CT molecular complexity index is 258. The Balaban J connectivity index is 4.46. The molecule has 0 aromatic carbocycles. The van der Waals surface area contributed by atoms with E-state index in [2.05, 4.69) is 10.7 Å². The minimum absolute atomic E-state index is 0.0275. The van der Waals surface area contributed by atoms with Crippen LogP contribution >= 0.6 is 0 Å². The molecule has 0 aliphatic rings. The molecule has 0 spiro atoms. The van der Waals surface area contributed by atoms with E-state index < -0.39 is 0 Å². The standard InChI is InChI=1S/C11H24N4O2/c1-5-6-9(11(17)14-12)15(4)7-8(2)10(16)13-3/h8-9H,5-7,12H2,1-4H3,(H,13,16)(H,14,17). The molecule has 0 rings (SSSR count). The summed E-state index contributed by atoms with van der Waals surface area (Å²) < 4.78 is 0. The zero-order valence-corrected chi connectivity index (χ0v) is 11.1. The zero-order valence-electron chi connectivity index (χ0n) is 11.1. The molecular weight excluding hydrogens is 220 g/mol. The summed E-state index contributed by atoms with van der Waals surface area (Å²) in [4.78, 5) is 24.9. The highest BCUT2D eigenvalue weighted by atomic mass is 16.2. The molecule has 2 unspecified atom stereocenters. The molecule has 2 atom stereocenters. The van der Waals surface area contributed by atoms with Gasteiger partial charge in [0.05, 0.1) is 6.04 Å². The molecule has 0 saturated heterocycles. The van der Waals surface area contributed by atoms with Gasteiger partial charge in [0.25, 0.3) is 5.91 Å². The molecular formula is C11H24N4O2. The van der Waals surface area contributed by atoms with Gasteiger partial charge in [-0.05, 0) is 13.5 Å². The number of hydrogen-bond donors (Lipinski definition) is 3. The number of hydrogen-bond acceptors (Lipinski definition) is 4. The fraction of sp³-hybridized carbons (Fsp3) is 0.818. The minimum atomic E-state index is -0.280. The van der Waals surface area contributed by atoms with Crippen LogP contribution in [0.1, 0.15) is 26.7 Å². The largest absolute Gasteiger partial charge is 0.359 e. The first-order chi connectivity index (χ1) is 7.97. The molecule has 100 valence electrons. The van der Waals surface area contributed by atoms with Gasteiger partial charge in [0, 0.05) is 19.5 Å². The van der Waals surface area contributed by atoms with E-state index in [1.54, 1.807) is 7.05 Å². The van der Waals surface area contributed by atoms with Gasteiger partial charge in [0.1, 0.15) is 0 Å². The smallest absolute Gasteiger partial charge is 0.251 e. The molecule has 2 amide bonds. The molecule has 0 heterocycles. The summed E-state index contributed by atoms with van der Waals surface area (Å²) >= 11 is 0. The Morgan fingerprint density at radius 3 is 2.35 bits per heavy atom. The summed E-state index contributed by atoms with van der Waals surface area (Å²) in [6, 6.07) is -0.280. The van der Waals surface area contributed by atoms with Crippen molar-refractivity contribution in [2.75, 3.05) is 20.6 Å². The van der Waals surface area contributed by atoms with Crippen LogP contribution in [0.2, 0.25) is 0 Å². The minimum Gasteiger partial charge on any atom is -0.359 e. The van der Waals surface area contributed by atoms with E-state index in [0.717, 1.165) is 12.8 Å². The summed E-state index contributed by atoms with van der Waals surface area (Å²) in [6.45, 7) is 4.36. The van der Waals surface area contributed by atoms with Crippen molar-refractivity contribution in [3.05, 3.63) is 0 Å². The van der Waals surface area contributed by atoms with Crippen LogP contribution in [-0.4, -0.2) is 43.4 Å². The van der Waals surface area contributed by atoms with Crippen LogP contribution in [0, 0.1) is 5.92 Å². The lowest BCUT2D eigenvalue weighted by atomic mass is 10.1. The lowest BCUT2D eigenvalue weighted by molar-refractivity contribution is -0.129. The summed E-state index contributed by atoms with van der Waals surface area (Å²) in [6.07, 6.45) is 1.61. The van der Waals surface area contributed by atoms with Gasteiger partial charge in [0.15, 0.2) is 0 Å². The molecule has 6 nitrogen and oxygen atoms in total. The predicted octanol–water partition coefficient (Wildman–Crippen LogP) is -0.541. The Morgan fingerprint density at radius 1 is 1.35 bits per heavy atom. The number of rotatable bonds is 7. The van der Waals surface area contributed by atoms with Crippen LogP contribution in [0.3, 0.4) is 0 Å². The molecule has 0 aliphatic carbocycles. The average molecular weight is 244 g/mol. The number of nitrogens with one attached hydrogen (secondary N) is 2. The van der Waals surface area contributed by atoms with Crippen molar-refractivity contribution in [3.8, 4) is 0 Å². The van der Waals surface area contributed by atoms with Crippen molar-refractivity contribution in [2.24, 2.45) is 11.8 Å². The molecule has 0 saturated carbocycles. The maximum absolute atomic E-state index is 11.6. The molecule has 0 aliphatic heterocycles. The maximum atomic E-state index is 11.6. The normalized spacial score (nSPS) is 14.2. The lowest BCUT2D eigenvalue weighted by Gasteiger charge is -2.28. The van der Waals surface area contributed by atoms with Crippen LogP contribution < -0.4 is 16.6 Å². The fourth-order valence-electron chi connectivity index (χ4n) is 1.81. The van der Waals surface area contributed by atoms with E-state index in [1.165, 1.54) is 0 Å². The number of nitrogens with zero attached hydrogens (tertiary/aromatic N) is 1. The molecule has 0 radical (unpaired) electrons. The van der Waals surface area contributed by atoms with Gasteiger partial charge in [0.2, 0.25) is 5.91 Å². The number of nitrogens with two attached hydrogens (primary N) is 1. The van der Waals surface area contributed by atoms with E-state index in [9.17, 15) is 9.59 Å². The number of likely N-dealkylation sites (N-methyl/N-ethyl adjacent to an activating group) is 1. The molecule has 0 aromatic heterocycles. The van der Waals surface area contributed by atoms with Crippen molar-refractivity contribution in [1.29, 1.82) is 0 Å². The highest BCUT2D eigenvalue weighted by molar-refractivity contribution is 5.81. The Morgan fingerprint density at radius 2 is 1.94 bits per heavy atom. The third-order valence-corrected chi connectivity index (χ3v) is 2.79. The second kappa shape index (κ2) is 8.03. The number of carbonyl (C=O) groups excluding carboxylic acids is 2. The Kier molecular flexibility index (Phi) is 7.49. The molecule has 4 N–H and O–H groups in total. The van der Waals surface area contributed by atoms with Crippen molar-refractivity contribution in [1.82, 2.24) is 15.6 Å². The van der Waals surface area contributed by atoms with E-state index in [4.69, 9.17) is 5.84 Å². The third kappa shape index (κ3) is 5.14. The van der Waals surface area contributed by atoms with E-state index in [0.29, 0.717) is 6.54 Å². The van der Waals surface area contributed by atoms with E-state index in [1.807, 2.05) is 25.8 Å². The van der Waals surface area contributed by atoms with Crippen molar-refractivity contribution in [3.63, 3.8) is 0 Å². The van der Waals surface area contributed by atoms with Gasteiger partial charge in [-0.15, -0.1) is 0 Å². The quantitative estimate of drug-likeness (QED) is 0.319. The first-order valence-corrected chi connectivity index (χ1v) is 5.90. The molecule has 6 heteroatoms. The third-order valence-electron chi connectivity index (χ3n) is 2.79. The van der Waals surface area contributed by atoms with Gasteiger partial charge in [-0.1, -0.05) is 20.3 Å². The monoisotopic (exact) mass is 244 g/mol. The van der Waals surface area contributed by atoms with Crippen LogP contribution in [0.4, 0.5) is 0 Å². The average Bonchev–Trinajstić information content (AvgIpc) is 2.33. The Hall–Kier alpha value is -1.14.